The molecular formula is C14H21BNO3. The van der Waals surface area contributed by atoms with Crippen molar-refractivity contribution in [1.29, 1.82) is 0 Å². The number of aliphatic hydroxyl groups is 1. The van der Waals surface area contributed by atoms with E-state index in [4.69, 9.17) is 4.65 Å². The fourth-order valence-electron chi connectivity index (χ4n) is 1.22. The van der Waals surface area contributed by atoms with Gasteiger partial charge in [-0.1, -0.05) is 17.6 Å². The molecule has 0 aliphatic carbocycles. The van der Waals surface area contributed by atoms with Crippen molar-refractivity contribution in [3.05, 3.63) is 29.8 Å². The highest BCUT2D eigenvalue weighted by atomic mass is 16.5. The summed E-state index contributed by atoms with van der Waals surface area (Å²) in [5.74, 6) is -0.121. The summed E-state index contributed by atoms with van der Waals surface area (Å²) >= 11 is 0. The zero-order valence-corrected chi connectivity index (χ0v) is 12.2. The van der Waals surface area contributed by atoms with E-state index < -0.39 is 11.2 Å². The number of hydrogen-bond acceptors (Lipinski definition) is 3. The molecule has 5 heteroatoms. The van der Waals surface area contributed by atoms with Gasteiger partial charge in [0, 0.05) is 12.6 Å². The van der Waals surface area contributed by atoms with E-state index in [-0.39, 0.29) is 5.91 Å². The number of carbonyl (C=O) groups excluding carboxylic acids is 1. The minimum atomic E-state index is -0.953. The molecule has 19 heavy (non-hydrogen) atoms. The Hall–Kier alpha value is -1.33. The van der Waals surface area contributed by atoms with E-state index >= 15 is 0 Å². The SMILES string of the molecule is CNC(=O)c1ccc([B]OC(C)(C)C(C)(C)O)cc1. The lowest BCUT2D eigenvalue weighted by Crippen LogP contribution is -2.49. The fraction of sp³-hybridized carbons (Fsp3) is 0.500. The second-order valence-electron chi connectivity index (χ2n) is 5.51. The van der Waals surface area contributed by atoms with Gasteiger partial charge in [0.15, 0.2) is 0 Å². The number of amides is 1. The molecule has 1 radical (unpaired) electrons. The van der Waals surface area contributed by atoms with Crippen LogP contribution in [0.2, 0.25) is 0 Å². The second kappa shape index (κ2) is 5.76. The van der Waals surface area contributed by atoms with Crippen LogP contribution >= 0.6 is 0 Å². The molecule has 0 aliphatic rings. The lowest BCUT2D eigenvalue weighted by atomic mass is 9.82. The van der Waals surface area contributed by atoms with E-state index in [0.717, 1.165) is 5.46 Å². The molecule has 1 aromatic rings. The van der Waals surface area contributed by atoms with E-state index in [1.54, 1.807) is 52.6 Å². The first-order valence-electron chi connectivity index (χ1n) is 6.23. The lowest BCUT2D eigenvalue weighted by molar-refractivity contribution is -0.0893. The summed E-state index contributed by atoms with van der Waals surface area (Å²) in [5, 5.41) is 12.5. The molecule has 1 amide bonds. The third-order valence-corrected chi connectivity index (χ3v) is 3.36. The highest BCUT2D eigenvalue weighted by Gasteiger charge is 2.35. The summed E-state index contributed by atoms with van der Waals surface area (Å²) in [6, 6.07) is 7.05. The number of rotatable bonds is 5. The summed E-state index contributed by atoms with van der Waals surface area (Å²) in [6.45, 7) is 7.05. The average Bonchev–Trinajstić information content (AvgIpc) is 2.35. The Balaban J connectivity index is 2.67. The molecule has 1 aromatic carbocycles. The molecule has 1 rings (SSSR count). The first kappa shape index (κ1) is 15.7. The van der Waals surface area contributed by atoms with Crippen LogP contribution in [0.4, 0.5) is 0 Å². The quantitative estimate of drug-likeness (QED) is 0.774. The summed E-state index contributed by atoms with van der Waals surface area (Å²) in [6.07, 6.45) is 0. The van der Waals surface area contributed by atoms with Gasteiger partial charge >= 0.3 is 7.48 Å². The Morgan fingerprint density at radius 3 is 2.16 bits per heavy atom. The third kappa shape index (κ3) is 4.08. The van der Waals surface area contributed by atoms with Crippen LogP contribution in [0.5, 0.6) is 0 Å². The first-order chi connectivity index (χ1) is 8.67. The average molecular weight is 262 g/mol. The topological polar surface area (TPSA) is 58.6 Å². The Bertz CT molecular complexity index is 435. The van der Waals surface area contributed by atoms with Crippen molar-refractivity contribution in [1.82, 2.24) is 5.32 Å². The van der Waals surface area contributed by atoms with Crippen molar-refractivity contribution in [3.63, 3.8) is 0 Å². The van der Waals surface area contributed by atoms with Gasteiger partial charge in [0.1, 0.15) is 0 Å². The maximum Gasteiger partial charge on any atom is 0.330 e. The van der Waals surface area contributed by atoms with Gasteiger partial charge < -0.3 is 15.1 Å². The third-order valence-electron chi connectivity index (χ3n) is 3.36. The normalized spacial score (nSPS) is 12.1. The second-order valence-corrected chi connectivity index (χ2v) is 5.51. The van der Waals surface area contributed by atoms with E-state index in [2.05, 4.69) is 5.32 Å². The maximum absolute atomic E-state index is 11.4. The molecular weight excluding hydrogens is 241 g/mol. The summed E-state index contributed by atoms with van der Waals surface area (Å²) in [7, 11) is 3.18. The predicted molar refractivity (Wildman–Crippen MR) is 76.7 cm³/mol. The van der Waals surface area contributed by atoms with E-state index in [1.165, 1.54) is 0 Å². The molecule has 0 heterocycles. The van der Waals surface area contributed by atoms with Crippen molar-refractivity contribution in [2.75, 3.05) is 7.05 Å². The molecule has 0 unspecified atom stereocenters. The molecule has 0 saturated carbocycles. The molecule has 0 saturated heterocycles. The molecule has 0 fully saturated rings. The van der Waals surface area contributed by atoms with Crippen molar-refractivity contribution in [2.24, 2.45) is 0 Å². The smallest absolute Gasteiger partial charge is 0.330 e. The zero-order valence-electron chi connectivity index (χ0n) is 12.2. The maximum atomic E-state index is 11.4. The van der Waals surface area contributed by atoms with Gasteiger partial charge in [-0.05, 0) is 39.8 Å². The Kier molecular flexibility index (Phi) is 4.77. The highest BCUT2D eigenvalue weighted by molar-refractivity contribution is 6.47. The van der Waals surface area contributed by atoms with Crippen molar-refractivity contribution in [2.45, 2.75) is 38.9 Å². The van der Waals surface area contributed by atoms with Crippen LogP contribution in [0.3, 0.4) is 0 Å². The van der Waals surface area contributed by atoms with Crippen molar-refractivity contribution < 1.29 is 14.6 Å². The van der Waals surface area contributed by atoms with Gasteiger partial charge in [0.05, 0.1) is 11.2 Å². The lowest BCUT2D eigenvalue weighted by Gasteiger charge is -2.37. The molecule has 0 spiro atoms. The molecule has 0 atom stereocenters. The zero-order chi connectivity index (χ0) is 14.7. The van der Waals surface area contributed by atoms with Crippen molar-refractivity contribution in [3.8, 4) is 0 Å². The van der Waals surface area contributed by atoms with Gasteiger partial charge in [-0.15, -0.1) is 0 Å². The minimum absolute atomic E-state index is 0.121. The monoisotopic (exact) mass is 262 g/mol. The van der Waals surface area contributed by atoms with Crippen LogP contribution in [-0.2, 0) is 4.65 Å². The molecule has 4 nitrogen and oxygen atoms in total. The fourth-order valence-corrected chi connectivity index (χ4v) is 1.22. The van der Waals surface area contributed by atoms with Gasteiger partial charge in [-0.25, -0.2) is 0 Å². The first-order valence-corrected chi connectivity index (χ1v) is 6.23. The highest BCUT2D eigenvalue weighted by Crippen LogP contribution is 2.24. The summed E-state index contributed by atoms with van der Waals surface area (Å²) in [5.41, 5.74) is -0.218. The van der Waals surface area contributed by atoms with Crippen LogP contribution in [0.1, 0.15) is 38.1 Å². The number of benzene rings is 1. The Labute approximate surface area is 115 Å². The van der Waals surface area contributed by atoms with Gasteiger partial charge in [-0.2, -0.15) is 0 Å². The number of hydrogen-bond donors (Lipinski definition) is 2. The van der Waals surface area contributed by atoms with Crippen LogP contribution in [-0.4, -0.2) is 36.7 Å². The standard InChI is InChI=1S/C14H21BNO3/c1-13(2,18)14(3,4)19-15-11-8-6-10(7-9-11)12(17)16-5/h6-9,18H,1-5H3,(H,16,17). The van der Waals surface area contributed by atoms with Gasteiger partial charge in [0.2, 0.25) is 0 Å². The van der Waals surface area contributed by atoms with Crippen molar-refractivity contribution >= 4 is 18.9 Å². The van der Waals surface area contributed by atoms with Crippen LogP contribution in [0.25, 0.3) is 0 Å². The van der Waals surface area contributed by atoms with E-state index in [1.807, 2.05) is 13.8 Å². The van der Waals surface area contributed by atoms with E-state index in [0.29, 0.717) is 5.56 Å². The molecule has 103 valence electrons. The number of carbonyl (C=O) groups is 1. The molecule has 0 aliphatic heterocycles. The summed E-state index contributed by atoms with van der Waals surface area (Å²) < 4.78 is 5.63. The molecule has 0 aromatic heterocycles. The van der Waals surface area contributed by atoms with Crippen LogP contribution < -0.4 is 10.8 Å². The molecule has 2 N–H and O–H groups in total. The Morgan fingerprint density at radius 2 is 1.74 bits per heavy atom. The number of nitrogens with one attached hydrogen (secondary N) is 1. The minimum Gasteiger partial charge on any atom is -0.427 e. The van der Waals surface area contributed by atoms with Crippen LogP contribution in [0, 0.1) is 0 Å². The van der Waals surface area contributed by atoms with E-state index in [9.17, 15) is 9.90 Å². The predicted octanol–water partition coefficient (Wildman–Crippen LogP) is 0.857. The van der Waals surface area contributed by atoms with Crippen LogP contribution in [0.15, 0.2) is 24.3 Å². The molecule has 0 bridgehead atoms. The van der Waals surface area contributed by atoms with Gasteiger partial charge in [0.25, 0.3) is 5.91 Å². The largest absolute Gasteiger partial charge is 0.427 e. The summed E-state index contributed by atoms with van der Waals surface area (Å²) in [4.78, 5) is 11.4. The Morgan fingerprint density at radius 1 is 1.21 bits per heavy atom. The van der Waals surface area contributed by atoms with Gasteiger partial charge in [-0.3, -0.25) is 4.79 Å².